The van der Waals surface area contributed by atoms with E-state index in [1.54, 1.807) is 24.3 Å². The summed E-state index contributed by atoms with van der Waals surface area (Å²) < 4.78 is 7.53. The molecule has 0 saturated carbocycles. The van der Waals surface area contributed by atoms with Gasteiger partial charge in [-0.05, 0) is 57.5 Å². The Morgan fingerprint density at radius 1 is 1.11 bits per heavy atom. The molecular weight excluding hydrogens is 358 g/mol. The van der Waals surface area contributed by atoms with Gasteiger partial charge in [-0.2, -0.15) is 0 Å². The number of benzene rings is 1. The van der Waals surface area contributed by atoms with Crippen LogP contribution in [0.2, 0.25) is 0 Å². The second-order valence-electron chi connectivity index (χ2n) is 6.46. The van der Waals surface area contributed by atoms with Crippen LogP contribution in [0, 0.1) is 13.8 Å². The van der Waals surface area contributed by atoms with Crippen LogP contribution in [0.1, 0.15) is 30.8 Å². The highest BCUT2D eigenvalue weighted by Crippen LogP contribution is 2.26. The Kier molecular flexibility index (Phi) is 5.35. The molecular formula is C21H23N3O4. The van der Waals surface area contributed by atoms with Gasteiger partial charge in [-0.3, -0.25) is 14.9 Å². The van der Waals surface area contributed by atoms with Crippen LogP contribution in [0.5, 0.6) is 5.75 Å². The summed E-state index contributed by atoms with van der Waals surface area (Å²) in [5.41, 5.74) is 3.02. The molecule has 0 radical (unpaired) electrons. The first-order valence-corrected chi connectivity index (χ1v) is 9.18. The number of hydrogen-bond acceptors (Lipinski definition) is 4. The zero-order valence-corrected chi connectivity index (χ0v) is 16.4. The number of ether oxygens (including phenoxy) is 1. The van der Waals surface area contributed by atoms with Gasteiger partial charge < -0.3 is 9.30 Å². The van der Waals surface area contributed by atoms with Gasteiger partial charge in [-0.15, -0.1) is 0 Å². The summed E-state index contributed by atoms with van der Waals surface area (Å²) in [5.74, 6) is -0.827. The summed E-state index contributed by atoms with van der Waals surface area (Å²) >= 11 is 0. The lowest BCUT2D eigenvalue weighted by atomic mass is 10.1. The van der Waals surface area contributed by atoms with E-state index in [0.29, 0.717) is 18.0 Å². The zero-order valence-electron chi connectivity index (χ0n) is 16.4. The maximum absolute atomic E-state index is 13.0. The molecule has 2 heterocycles. The molecule has 28 heavy (non-hydrogen) atoms. The maximum Gasteiger partial charge on any atom is 0.335 e. The minimum Gasteiger partial charge on any atom is -0.494 e. The molecule has 1 aromatic heterocycles. The van der Waals surface area contributed by atoms with Gasteiger partial charge in [-0.1, -0.05) is 6.07 Å². The number of nitrogens with one attached hydrogen (secondary N) is 1. The van der Waals surface area contributed by atoms with Gasteiger partial charge >= 0.3 is 6.03 Å². The molecule has 1 N–H and O–H groups in total. The monoisotopic (exact) mass is 381 g/mol. The van der Waals surface area contributed by atoms with E-state index in [9.17, 15) is 14.4 Å². The molecule has 7 heteroatoms. The molecule has 0 unspecified atom stereocenters. The molecule has 3 rings (SSSR count). The van der Waals surface area contributed by atoms with E-state index < -0.39 is 17.8 Å². The number of imide groups is 2. The lowest BCUT2D eigenvalue weighted by Gasteiger charge is -2.26. The van der Waals surface area contributed by atoms with E-state index in [1.165, 1.54) is 6.08 Å². The molecule has 2 aromatic rings. The first-order valence-electron chi connectivity index (χ1n) is 9.18. The highest BCUT2D eigenvalue weighted by molar-refractivity contribution is 6.39. The van der Waals surface area contributed by atoms with Crippen molar-refractivity contribution in [2.24, 2.45) is 0 Å². The van der Waals surface area contributed by atoms with Crippen LogP contribution in [-0.4, -0.2) is 29.0 Å². The van der Waals surface area contributed by atoms with Crippen molar-refractivity contribution in [1.29, 1.82) is 0 Å². The minimum atomic E-state index is -0.778. The summed E-state index contributed by atoms with van der Waals surface area (Å²) in [6, 6.07) is 7.78. The number of amides is 4. The first kappa shape index (κ1) is 19.4. The lowest BCUT2D eigenvalue weighted by Crippen LogP contribution is -2.54. The Hall–Kier alpha value is -3.35. The molecule has 1 fully saturated rings. The maximum atomic E-state index is 13.0. The molecule has 0 bridgehead atoms. The number of barbiturate groups is 1. The Bertz CT molecular complexity index is 988. The second kappa shape index (κ2) is 7.72. The molecule has 0 aliphatic carbocycles. The highest BCUT2D eigenvalue weighted by Gasteiger charge is 2.37. The SMILES string of the molecule is CCOc1cccc(N2C(=O)NC(=O)/C(=C\c3cc(C)n(CC)c3C)C2=O)c1. The van der Waals surface area contributed by atoms with Gasteiger partial charge in [0.05, 0.1) is 12.3 Å². The number of urea groups is 1. The van der Waals surface area contributed by atoms with Gasteiger partial charge in [0.25, 0.3) is 11.8 Å². The van der Waals surface area contributed by atoms with Crippen molar-refractivity contribution in [2.45, 2.75) is 34.2 Å². The predicted octanol–water partition coefficient (Wildman–Crippen LogP) is 3.19. The molecule has 1 aliphatic rings. The predicted molar refractivity (Wildman–Crippen MR) is 106 cm³/mol. The van der Waals surface area contributed by atoms with Gasteiger partial charge in [0.15, 0.2) is 0 Å². The molecule has 146 valence electrons. The van der Waals surface area contributed by atoms with Crippen LogP contribution in [0.25, 0.3) is 6.08 Å². The molecule has 1 aliphatic heterocycles. The number of rotatable bonds is 5. The number of hydrogen-bond donors (Lipinski definition) is 1. The van der Waals surface area contributed by atoms with Crippen molar-refractivity contribution < 1.29 is 19.1 Å². The summed E-state index contributed by atoms with van der Waals surface area (Å²) in [7, 11) is 0. The van der Waals surface area contributed by atoms with E-state index in [1.807, 2.05) is 33.8 Å². The van der Waals surface area contributed by atoms with E-state index in [-0.39, 0.29) is 5.57 Å². The number of aryl methyl sites for hydroxylation is 1. The number of carbonyl (C=O) groups excluding carboxylic acids is 3. The second-order valence-corrected chi connectivity index (χ2v) is 6.46. The fraction of sp³-hybridized carbons (Fsp3) is 0.286. The number of nitrogens with zero attached hydrogens (tertiary/aromatic N) is 2. The normalized spacial score (nSPS) is 15.9. The molecule has 4 amide bonds. The van der Waals surface area contributed by atoms with E-state index in [2.05, 4.69) is 9.88 Å². The van der Waals surface area contributed by atoms with Crippen molar-refractivity contribution in [1.82, 2.24) is 9.88 Å². The fourth-order valence-electron chi connectivity index (χ4n) is 3.39. The highest BCUT2D eigenvalue weighted by atomic mass is 16.5. The number of carbonyl (C=O) groups is 3. The third-order valence-electron chi connectivity index (χ3n) is 4.72. The topological polar surface area (TPSA) is 80.6 Å². The quantitative estimate of drug-likeness (QED) is 0.637. The fourth-order valence-corrected chi connectivity index (χ4v) is 3.39. The van der Waals surface area contributed by atoms with Crippen molar-refractivity contribution in [3.63, 3.8) is 0 Å². The van der Waals surface area contributed by atoms with Crippen molar-refractivity contribution >= 4 is 29.6 Å². The minimum absolute atomic E-state index is 0.0854. The first-order chi connectivity index (χ1) is 13.4. The summed E-state index contributed by atoms with van der Waals surface area (Å²) in [6.45, 7) is 9.02. The van der Waals surface area contributed by atoms with E-state index >= 15 is 0 Å². The standard InChI is InChI=1S/C21H23N3O4/c1-5-23-13(3)10-15(14(23)4)11-18-19(25)22-21(27)24(20(18)26)16-8-7-9-17(12-16)28-6-2/h7-12H,5-6H2,1-4H3,(H,22,25,27)/b18-11+. The van der Waals surface area contributed by atoms with Crippen molar-refractivity contribution in [2.75, 3.05) is 11.5 Å². The summed E-state index contributed by atoms with van der Waals surface area (Å²) in [6.07, 6.45) is 1.54. The van der Waals surface area contributed by atoms with Gasteiger partial charge in [0.2, 0.25) is 0 Å². The van der Waals surface area contributed by atoms with Gasteiger partial charge in [-0.25, -0.2) is 9.69 Å². The molecule has 1 saturated heterocycles. The molecule has 0 atom stereocenters. The van der Waals surface area contributed by atoms with Crippen LogP contribution >= 0.6 is 0 Å². The average molecular weight is 381 g/mol. The molecule has 7 nitrogen and oxygen atoms in total. The Labute approximate surface area is 163 Å². The molecule has 0 spiro atoms. The Balaban J connectivity index is 2.02. The summed E-state index contributed by atoms with van der Waals surface area (Å²) in [5, 5.41) is 2.25. The third kappa shape index (κ3) is 3.43. The largest absolute Gasteiger partial charge is 0.494 e. The van der Waals surface area contributed by atoms with Gasteiger partial charge in [0.1, 0.15) is 11.3 Å². The van der Waals surface area contributed by atoms with Crippen LogP contribution in [0.15, 0.2) is 35.9 Å². The summed E-state index contributed by atoms with van der Waals surface area (Å²) in [4.78, 5) is 38.7. The average Bonchev–Trinajstić information content (AvgIpc) is 2.92. The van der Waals surface area contributed by atoms with Crippen molar-refractivity contribution in [3.05, 3.63) is 52.9 Å². The Morgan fingerprint density at radius 2 is 1.86 bits per heavy atom. The van der Waals surface area contributed by atoms with E-state index in [0.717, 1.165) is 28.4 Å². The molecule has 1 aromatic carbocycles. The van der Waals surface area contributed by atoms with E-state index in [4.69, 9.17) is 4.74 Å². The number of anilines is 1. The van der Waals surface area contributed by atoms with Gasteiger partial charge in [0, 0.05) is 24.0 Å². The Morgan fingerprint density at radius 3 is 2.50 bits per heavy atom. The van der Waals surface area contributed by atoms with Crippen LogP contribution in [0.4, 0.5) is 10.5 Å². The number of aromatic nitrogens is 1. The lowest BCUT2D eigenvalue weighted by molar-refractivity contribution is -0.122. The van der Waals surface area contributed by atoms with Crippen LogP contribution in [0.3, 0.4) is 0 Å². The zero-order chi connectivity index (χ0) is 20.4. The smallest absolute Gasteiger partial charge is 0.335 e. The third-order valence-corrected chi connectivity index (χ3v) is 4.72. The van der Waals surface area contributed by atoms with Crippen LogP contribution in [-0.2, 0) is 16.1 Å². The van der Waals surface area contributed by atoms with Crippen molar-refractivity contribution in [3.8, 4) is 5.75 Å². The van der Waals surface area contributed by atoms with Crippen LogP contribution < -0.4 is 15.0 Å².